The van der Waals surface area contributed by atoms with E-state index in [0.29, 0.717) is 19.5 Å². The topological polar surface area (TPSA) is 98.7 Å². The fraction of sp³-hybridized carbons (Fsp3) is 0.526. The maximum Gasteiger partial charge on any atom is 0.320 e. The molecular weight excluding hydrogens is 370 g/mol. The monoisotopic (exact) mass is 395 g/mol. The molecule has 0 saturated carbocycles. The zero-order chi connectivity index (χ0) is 18.9. The molecule has 0 aromatic rings. The lowest BCUT2D eigenvalue weighted by molar-refractivity contribution is -0.139. The molecule has 1 saturated heterocycles. The van der Waals surface area contributed by atoms with Crippen molar-refractivity contribution in [2.24, 2.45) is 11.8 Å². The molecule has 0 spiro atoms. The number of carbonyl (C=O) groups excluding carboxylic acids is 2. The van der Waals surface area contributed by atoms with E-state index in [4.69, 9.17) is 11.5 Å². The Morgan fingerprint density at radius 2 is 2.26 bits per heavy atom. The SMILES string of the molecule is C#C[C@@H](CNC(=O)[C@@H]1CCCN(C(=O)/C=C/C2=CCNCC2)C1)C(=O)O.Cl. The highest BCUT2D eigenvalue weighted by Crippen LogP contribution is 2.17. The van der Waals surface area contributed by atoms with Crippen LogP contribution in [0.5, 0.6) is 0 Å². The molecule has 0 radical (unpaired) electrons. The number of hydrogen-bond acceptors (Lipinski definition) is 4. The molecule has 8 heteroatoms. The van der Waals surface area contributed by atoms with E-state index in [-0.39, 0.29) is 36.7 Å². The molecule has 0 unspecified atom stereocenters. The third-order valence-electron chi connectivity index (χ3n) is 4.62. The first kappa shape index (κ1) is 22.7. The van der Waals surface area contributed by atoms with Crippen molar-refractivity contribution in [3.05, 3.63) is 23.8 Å². The van der Waals surface area contributed by atoms with Crippen LogP contribution in [0.4, 0.5) is 0 Å². The van der Waals surface area contributed by atoms with Gasteiger partial charge < -0.3 is 20.6 Å². The lowest BCUT2D eigenvalue weighted by Crippen LogP contribution is -2.46. The molecule has 2 rings (SSSR count). The van der Waals surface area contributed by atoms with E-state index < -0.39 is 11.9 Å². The molecule has 0 bridgehead atoms. The fourth-order valence-electron chi connectivity index (χ4n) is 3.03. The van der Waals surface area contributed by atoms with Gasteiger partial charge in [0, 0.05) is 32.3 Å². The number of aliphatic carboxylic acids is 1. The molecule has 2 aliphatic heterocycles. The van der Waals surface area contributed by atoms with Crippen molar-refractivity contribution in [3.8, 4) is 12.3 Å². The second-order valence-corrected chi connectivity index (χ2v) is 6.49. The minimum Gasteiger partial charge on any atom is -0.480 e. The summed E-state index contributed by atoms with van der Waals surface area (Å²) in [5.41, 5.74) is 1.14. The van der Waals surface area contributed by atoms with E-state index in [9.17, 15) is 14.4 Å². The minimum atomic E-state index is -1.13. The van der Waals surface area contributed by atoms with Crippen LogP contribution in [0.3, 0.4) is 0 Å². The maximum atomic E-state index is 12.4. The number of nitrogens with zero attached hydrogens (tertiary/aromatic N) is 1. The van der Waals surface area contributed by atoms with Gasteiger partial charge in [-0.2, -0.15) is 0 Å². The molecule has 3 N–H and O–H groups in total. The van der Waals surface area contributed by atoms with Gasteiger partial charge >= 0.3 is 5.97 Å². The quantitative estimate of drug-likeness (QED) is 0.451. The highest BCUT2D eigenvalue weighted by Gasteiger charge is 2.28. The highest BCUT2D eigenvalue weighted by atomic mass is 35.5. The third kappa shape index (κ3) is 7.08. The Morgan fingerprint density at radius 3 is 2.89 bits per heavy atom. The van der Waals surface area contributed by atoms with Gasteiger partial charge in [0.15, 0.2) is 0 Å². The molecular formula is C19H26ClN3O4. The Balaban J connectivity index is 0.00000364. The Kier molecular flexibility index (Phi) is 9.62. The molecule has 0 aromatic carbocycles. The molecule has 148 valence electrons. The number of likely N-dealkylation sites (tertiary alicyclic amines) is 1. The summed E-state index contributed by atoms with van der Waals surface area (Å²) in [5.74, 6) is -0.737. The number of hydrogen-bond donors (Lipinski definition) is 3. The van der Waals surface area contributed by atoms with Crippen LogP contribution in [0.25, 0.3) is 0 Å². The number of carboxylic acid groups (broad SMARTS) is 1. The summed E-state index contributed by atoms with van der Waals surface area (Å²) in [5, 5.41) is 14.7. The van der Waals surface area contributed by atoms with Crippen molar-refractivity contribution in [1.29, 1.82) is 0 Å². The molecule has 1 fully saturated rings. The standard InChI is InChI=1S/C19H25N3O4.ClH/c1-2-15(19(25)26)12-21-18(24)16-4-3-11-22(13-16)17(23)6-5-14-7-9-20-10-8-14;/h1,5-7,15-16,20H,3-4,8-13H2,(H,21,24)(H,25,26);1H/b6-5+;/t15-,16+;/m0./s1. The van der Waals surface area contributed by atoms with E-state index in [0.717, 1.165) is 31.5 Å². The van der Waals surface area contributed by atoms with Gasteiger partial charge in [-0.25, -0.2) is 0 Å². The second kappa shape index (κ2) is 11.4. The third-order valence-corrected chi connectivity index (χ3v) is 4.62. The number of halogens is 1. The van der Waals surface area contributed by atoms with Crippen LogP contribution < -0.4 is 10.6 Å². The van der Waals surface area contributed by atoms with Crippen LogP contribution in [-0.2, 0) is 14.4 Å². The summed E-state index contributed by atoms with van der Waals surface area (Å²) in [6.07, 6.45) is 12.9. The molecule has 0 aliphatic carbocycles. The van der Waals surface area contributed by atoms with Gasteiger partial charge in [-0.1, -0.05) is 18.1 Å². The van der Waals surface area contributed by atoms with E-state index >= 15 is 0 Å². The average molecular weight is 396 g/mol. The van der Waals surface area contributed by atoms with Gasteiger partial charge in [-0.3, -0.25) is 14.4 Å². The zero-order valence-electron chi connectivity index (χ0n) is 15.1. The smallest absolute Gasteiger partial charge is 0.320 e. The van der Waals surface area contributed by atoms with Crippen LogP contribution in [0, 0.1) is 24.2 Å². The van der Waals surface area contributed by atoms with Crippen molar-refractivity contribution in [2.45, 2.75) is 19.3 Å². The summed E-state index contributed by atoms with van der Waals surface area (Å²) in [6, 6.07) is 0. The van der Waals surface area contributed by atoms with Gasteiger partial charge in [-0.15, -0.1) is 18.8 Å². The van der Waals surface area contributed by atoms with Gasteiger partial charge in [0.1, 0.15) is 5.92 Å². The van der Waals surface area contributed by atoms with Gasteiger partial charge in [0.2, 0.25) is 11.8 Å². The van der Waals surface area contributed by atoms with E-state index in [2.05, 4.69) is 22.6 Å². The van der Waals surface area contributed by atoms with Crippen molar-refractivity contribution >= 4 is 30.2 Å². The predicted octanol–water partition coefficient (Wildman–Crippen LogP) is 0.573. The Hall–Kier alpha value is -2.30. The average Bonchev–Trinajstić information content (AvgIpc) is 2.67. The summed E-state index contributed by atoms with van der Waals surface area (Å²) in [7, 11) is 0. The normalized spacial score (nSPS) is 20.8. The number of allylic oxidation sites excluding steroid dienone is 1. The van der Waals surface area contributed by atoms with E-state index in [1.54, 1.807) is 11.0 Å². The molecule has 2 amide bonds. The summed E-state index contributed by atoms with van der Waals surface area (Å²) >= 11 is 0. The van der Waals surface area contributed by atoms with Crippen LogP contribution in [0.2, 0.25) is 0 Å². The molecule has 0 aromatic heterocycles. The first-order chi connectivity index (χ1) is 12.5. The van der Waals surface area contributed by atoms with Crippen molar-refractivity contribution in [3.63, 3.8) is 0 Å². The highest BCUT2D eigenvalue weighted by molar-refractivity contribution is 5.89. The first-order valence-corrected chi connectivity index (χ1v) is 8.84. The van der Waals surface area contributed by atoms with Crippen molar-refractivity contribution in [2.75, 3.05) is 32.7 Å². The van der Waals surface area contributed by atoms with Crippen molar-refractivity contribution in [1.82, 2.24) is 15.5 Å². The van der Waals surface area contributed by atoms with Gasteiger partial charge in [0.05, 0.1) is 5.92 Å². The van der Waals surface area contributed by atoms with Crippen LogP contribution in [-0.4, -0.2) is 60.5 Å². The van der Waals surface area contributed by atoms with E-state index in [1.165, 1.54) is 0 Å². The number of nitrogens with one attached hydrogen (secondary N) is 2. The lowest BCUT2D eigenvalue weighted by Gasteiger charge is -2.31. The largest absolute Gasteiger partial charge is 0.480 e. The Labute approximate surface area is 165 Å². The number of terminal acetylenes is 1. The second-order valence-electron chi connectivity index (χ2n) is 6.49. The number of piperidine rings is 1. The van der Waals surface area contributed by atoms with Gasteiger partial charge in [0.25, 0.3) is 0 Å². The number of carbonyl (C=O) groups is 3. The van der Waals surface area contributed by atoms with Crippen molar-refractivity contribution < 1.29 is 19.5 Å². The zero-order valence-corrected chi connectivity index (χ0v) is 16.0. The van der Waals surface area contributed by atoms with Crippen LogP contribution in [0.1, 0.15) is 19.3 Å². The van der Waals surface area contributed by atoms with Gasteiger partial charge in [-0.05, 0) is 31.4 Å². The predicted molar refractivity (Wildman–Crippen MR) is 104 cm³/mol. The molecule has 2 heterocycles. The lowest BCUT2D eigenvalue weighted by atomic mass is 9.96. The fourth-order valence-corrected chi connectivity index (χ4v) is 3.03. The summed E-state index contributed by atoms with van der Waals surface area (Å²) in [4.78, 5) is 37.2. The molecule has 7 nitrogen and oxygen atoms in total. The van der Waals surface area contributed by atoms with Crippen LogP contribution in [0.15, 0.2) is 23.8 Å². The Morgan fingerprint density at radius 1 is 1.48 bits per heavy atom. The maximum absolute atomic E-state index is 12.4. The number of carboxylic acids is 1. The summed E-state index contributed by atoms with van der Waals surface area (Å²) < 4.78 is 0. The minimum absolute atomic E-state index is 0. The molecule has 2 aliphatic rings. The molecule has 27 heavy (non-hydrogen) atoms. The van der Waals surface area contributed by atoms with E-state index in [1.807, 2.05) is 6.08 Å². The van der Waals surface area contributed by atoms with Crippen LogP contribution >= 0.6 is 12.4 Å². The summed E-state index contributed by atoms with van der Waals surface area (Å²) in [6.45, 7) is 2.58. The first-order valence-electron chi connectivity index (χ1n) is 8.84. The number of rotatable bonds is 6. The number of amides is 2. The Bertz CT molecular complexity index is 654. The molecule has 2 atom stereocenters.